The van der Waals surface area contributed by atoms with Crippen molar-refractivity contribution in [3.63, 3.8) is 0 Å². The molecule has 1 aromatic heterocycles. The summed E-state index contributed by atoms with van der Waals surface area (Å²) in [6.45, 7) is 0. The van der Waals surface area contributed by atoms with Crippen molar-refractivity contribution in [2.75, 3.05) is 26.0 Å². The largest absolute Gasteiger partial charge is 0.359 e. The van der Waals surface area contributed by atoms with Crippen molar-refractivity contribution in [1.29, 1.82) is 0 Å². The predicted molar refractivity (Wildman–Crippen MR) is 65.1 cm³/mol. The lowest BCUT2D eigenvalue weighted by molar-refractivity contribution is -0.132. The van der Waals surface area contributed by atoms with Gasteiger partial charge in [0.2, 0.25) is 0 Å². The Morgan fingerprint density at radius 3 is 2.56 bits per heavy atom. The van der Waals surface area contributed by atoms with Crippen LogP contribution in [0.25, 0.3) is 0 Å². The van der Waals surface area contributed by atoms with Crippen molar-refractivity contribution >= 4 is 17.6 Å². The maximum atomic E-state index is 12.3. The molecule has 0 aromatic carbocycles. The molecule has 3 heterocycles. The minimum absolute atomic E-state index is 0.165. The van der Waals surface area contributed by atoms with Gasteiger partial charge in [-0.3, -0.25) is 14.7 Å². The number of carbonyl (C=O) groups excluding carboxylic acids is 2. The van der Waals surface area contributed by atoms with E-state index in [1.54, 1.807) is 24.3 Å². The third kappa shape index (κ3) is 1.15. The van der Waals surface area contributed by atoms with Crippen LogP contribution in [0, 0.1) is 0 Å². The minimum Gasteiger partial charge on any atom is -0.359 e. The molecule has 0 bridgehead atoms. The zero-order valence-electron chi connectivity index (χ0n) is 10.5. The minimum atomic E-state index is -0.350. The molecule has 1 fully saturated rings. The van der Waals surface area contributed by atoms with Gasteiger partial charge in [0, 0.05) is 32.9 Å². The van der Waals surface area contributed by atoms with E-state index in [1.807, 2.05) is 18.0 Å². The van der Waals surface area contributed by atoms with Crippen LogP contribution in [0.2, 0.25) is 0 Å². The average Bonchev–Trinajstić information content (AvgIpc) is 2.68. The van der Waals surface area contributed by atoms with Gasteiger partial charge in [0.15, 0.2) is 0 Å². The van der Waals surface area contributed by atoms with Gasteiger partial charge in [-0.25, -0.2) is 4.79 Å². The van der Waals surface area contributed by atoms with Crippen LogP contribution < -0.4 is 4.90 Å². The number of pyridine rings is 1. The average molecular weight is 246 g/mol. The summed E-state index contributed by atoms with van der Waals surface area (Å²) in [6, 6.07) is 1.04. The molecule has 2 aliphatic rings. The third-order valence-corrected chi connectivity index (χ3v) is 3.84. The fraction of sp³-hybridized carbons (Fsp3) is 0.417. The molecular formula is C12H14N4O2. The summed E-state index contributed by atoms with van der Waals surface area (Å²) in [7, 11) is 5.11. The van der Waals surface area contributed by atoms with Crippen molar-refractivity contribution in [3.8, 4) is 0 Å². The molecule has 18 heavy (non-hydrogen) atoms. The van der Waals surface area contributed by atoms with Crippen molar-refractivity contribution in [1.82, 2.24) is 14.8 Å². The van der Waals surface area contributed by atoms with E-state index >= 15 is 0 Å². The van der Waals surface area contributed by atoms with Crippen LogP contribution in [0.5, 0.6) is 0 Å². The number of carbonyl (C=O) groups is 2. The number of aromatic nitrogens is 1. The molecule has 6 heteroatoms. The Labute approximate surface area is 105 Å². The first-order valence-electron chi connectivity index (χ1n) is 5.75. The molecule has 3 amide bonds. The van der Waals surface area contributed by atoms with Crippen molar-refractivity contribution in [3.05, 3.63) is 24.0 Å². The van der Waals surface area contributed by atoms with E-state index in [0.717, 1.165) is 11.3 Å². The van der Waals surface area contributed by atoms with Gasteiger partial charge in [-0.2, -0.15) is 0 Å². The second-order valence-electron chi connectivity index (χ2n) is 4.73. The number of imide groups is 1. The molecule has 2 atom stereocenters. The van der Waals surface area contributed by atoms with Crippen LogP contribution in [-0.4, -0.2) is 53.9 Å². The summed E-state index contributed by atoms with van der Waals surface area (Å²) >= 11 is 0. The summed E-state index contributed by atoms with van der Waals surface area (Å²) in [5, 5.41) is 0. The van der Waals surface area contributed by atoms with E-state index in [1.165, 1.54) is 11.9 Å². The molecule has 1 aromatic rings. The van der Waals surface area contributed by atoms with Gasteiger partial charge in [0.1, 0.15) is 6.04 Å². The number of amides is 3. The third-order valence-electron chi connectivity index (χ3n) is 3.84. The van der Waals surface area contributed by atoms with E-state index in [4.69, 9.17) is 0 Å². The smallest absolute Gasteiger partial charge is 0.326 e. The number of hydrogen-bond donors (Lipinski definition) is 0. The van der Waals surface area contributed by atoms with E-state index in [-0.39, 0.29) is 24.0 Å². The Morgan fingerprint density at radius 2 is 1.83 bits per heavy atom. The summed E-state index contributed by atoms with van der Waals surface area (Å²) in [6.07, 6.45) is 3.43. The standard InChI is InChI=1S/C12H14N4O2/c1-14-8-6-13-5-4-7(8)9-10(14)11(17)16(3)12(18)15(9)2/h4-6,9-10H,1-3H3. The van der Waals surface area contributed by atoms with Crippen molar-refractivity contribution < 1.29 is 9.59 Å². The van der Waals surface area contributed by atoms with Crippen LogP contribution >= 0.6 is 0 Å². The molecule has 0 saturated carbocycles. The van der Waals surface area contributed by atoms with Gasteiger partial charge < -0.3 is 9.80 Å². The molecule has 0 aliphatic carbocycles. The van der Waals surface area contributed by atoms with Crippen LogP contribution in [0.3, 0.4) is 0 Å². The van der Waals surface area contributed by atoms with Crippen LogP contribution in [0.4, 0.5) is 10.5 Å². The Kier molecular flexibility index (Phi) is 2.10. The molecule has 94 valence electrons. The lowest BCUT2D eigenvalue weighted by Gasteiger charge is -2.40. The maximum Gasteiger partial charge on any atom is 0.326 e. The van der Waals surface area contributed by atoms with E-state index in [2.05, 4.69) is 4.98 Å². The highest BCUT2D eigenvalue weighted by Gasteiger charge is 2.51. The Bertz CT molecular complexity index is 545. The van der Waals surface area contributed by atoms with Crippen molar-refractivity contribution in [2.24, 2.45) is 0 Å². The van der Waals surface area contributed by atoms with Crippen molar-refractivity contribution in [2.45, 2.75) is 12.1 Å². The van der Waals surface area contributed by atoms with Crippen LogP contribution in [-0.2, 0) is 4.79 Å². The highest BCUT2D eigenvalue weighted by Crippen LogP contribution is 2.43. The normalized spacial score (nSPS) is 26.5. The Balaban J connectivity index is 2.16. The predicted octanol–water partition coefficient (Wildman–Crippen LogP) is 0.465. The summed E-state index contributed by atoms with van der Waals surface area (Å²) in [4.78, 5) is 33.0. The van der Waals surface area contributed by atoms with E-state index < -0.39 is 0 Å². The first-order chi connectivity index (χ1) is 8.54. The first kappa shape index (κ1) is 11.0. The number of nitrogens with zero attached hydrogens (tertiary/aromatic N) is 4. The SMILES string of the molecule is CN1C(=O)C2C(c3ccncc3N2C)N(C)C1=O. The number of fused-ring (bicyclic) bond motifs is 3. The van der Waals surface area contributed by atoms with E-state index in [0.29, 0.717) is 0 Å². The van der Waals surface area contributed by atoms with Gasteiger partial charge in [0.05, 0.1) is 17.9 Å². The van der Waals surface area contributed by atoms with Gasteiger partial charge in [-0.1, -0.05) is 0 Å². The summed E-state index contributed by atoms with van der Waals surface area (Å²) in [5.41, 5.74) is 1.89. The number of likely N-dealkylation sites (N-methyl/N-ethyl adjacent to an activating group) is 3. The molecule has 6 nitrogen and oxygen atoms in total. The molecule has 0 spiro atoms. The lowest BCUT2D eigenvalue weighted by Crippen LogP contribution is -2.59. The second kappa shape index (κ2) is 3.44. The molecule has 0 radical (unpaired) electrons. The Morgan fingerprint density at radius 1 is 1.11 bits per heavy atom. The highest BCUT2D eigenvalue weighted by molar-refractivity contribution is 6.03. The van der Waals surface area contributed by atoms with Gasteiger partial charge in [0.25, 0.3) is 5.91 Å². The molecule has 1 saturated heterocycles. The fourth-order valence-corrected chi connectivity index (χ4v) is 2.84. The first-order valence-corrected chi connectivity index (χ1v) is 5.75. The number of rotatable bonds is 0. The second-order valence-corrected chi connectivity index (χ2v) is 4.73. The number of hydrogen-bond acceptors (Lipinski definition) is 4. The quantitative estimate of drug-likeness (QED) is 0.667. The maximum absolute atomic E-state index is 12.3. The monoisotopic (exact) mass is 246 g/mol. The number of anilines is 1. The lowest BCUT2D eigenvalue weighted by atomic mass is 10.00. The highest BCUT2D eigenvalue weighted by atomic mass is 16.2. The molecule has 0 N–H and O–H groups in total. The van der Waals surface area contributed by atoms with Gasteiger partial charge >= 0.3 is 6.03 Å². The van der Waals surface area contributed by atoms with Gasteiger partial charge in [-0.05, 0) is 6.07 Å². The van der Waals surface area contributed by atoms with Gasteiger partial charge in [-0.15, -0.1) is 0 Å². The van der Waals surface area contributed by atoms with Crippen LogP contribution in [0.1, 0.15) is 11.6 Å². The Hall–Kier alpha value is -2.11. The van der Waals surface area contributed by atoms with Crippen LogP contribution in [0.15, 0.2) is 18.5 Å². The molecular weight excluding hydrogens is 232 g/mol. The van der Waals surface area contributed by atoms with E-state index in [9.17, 15) is 9.59 Å². The zero-order chi connectivity index (χ0) is 13.0. The molecule has 3 rings (SSSR count). The fourth-order valence-electron chi connectivity index (χ4n) is 2.84. The summed E-state index contributed by atoms with van der Waals surface area (Å²) < 4.78 is 0. The topological polar surface area (TPSA) is 56.8 Å². The summed E-state index contributed by atoms with van der Waals surface area (Å²) in [5.74, 6) is -0.165. The zero-order valence-corrected chi connectivity index (χ0v) is 10.5. The molecule has 2 aliphatic heterocycles. The number of urea groups is 1. The molecule has 2 unspecified atom stereocenters.